The average molecular weight is 210 g/mol. The van der Waals surface area contributed by atoms with Crippen LogP contribution in [0.25, 0.3) is 0 Å². The third-order valence-corrected chi connectivity index (χ3v) is 2.30. The van der Waals surface area contributed by atoms with E-state index in [0.29, 0.717) is 6.42 Å². The molecule has 0 aliphatic heterocycles. The molecule has 1 atom stereocenters. The third kappa shape index (κ3) is 2.53. The Morgan fingerprint density at radius 1 is 1.53 bits per heavy atom. The lowest BCUT2D eigenvalue weighted by atomic mass is 10.2. The van der Waals surface area contributed by atoms with Gasteiger partial charge in [0.1, 0.15) is 5.82 Å². The van der Waals surface area contributed by atoms with Crippen LogP contribution in [0.2, 0.25) is 0 Å². The Labute approximate surface area is 88.7 Å². The lowest BCUT2D eigenvalue weighted by molar-refractivity contribution is -0.119. The number of hydrogen-bond acceptors (Lipinski definition) is 2. The SMILES string of the molecule is CC[C@@H](N)C(=O)N(C)c1ccccc1F. The summed E-state index contributed by atoms with van der Waals surface area (Å²) in [6.07, 6.45) is 0.539. The molecule has 1 aromatic rings. The van der Waals surface area contributed by atoms with Crippen LogP contribution in [0, 0.1) is 5.82 Å². The summed E-state index contributed by atoms with van der Waals surface area (Å²) < 4.78 is 13.3. The molecule has 0 spiro atoms. The molecule has 0 aliphatic carbocycles. The number of carbonyl (C=O) groups is 1. The van der Waals surface area contributed by atoms with Gasteiger partial charge in [0.15, 0.2) is 0 Å². The second-order valence-corrected chi connectivity index (χ2v) is 3.36. The Morgan fingerprint density at radius 2 is 2.13 bits per heavy atom. The highest BCUT2D eigenvalue weighted by Gasteiger charge is 2.19. The molecule has 2 N–H and O–H groups in total. The van der Waals surface area contributed by atoms with Crippen molar-refractivity contribution >= 4 is 11.6 Å². The molecule has 0 aromatic heterocycles. The fourth-order valence-electron chi connectivity index (χ4n) is 1.27. The highest BCUT2D eigenvalue weighted by Crippen LogP contribution is 2.17. The van der Waals surface area contributed by atoms with Gasteiger partial charge in [0, 0.05) is 7.05 Å². The standard InChI is InChI=1S/C11H15FN2O/c1-3-9(13)11(15)14(2)10-7-5-4-6-8(10)12/h4-7,9H,3,13H2,1-2H3/t9-/m1/s1. The first-order valence-electron chi connectivity index (χ1n) is 4.85. The van der Waals surface area contributed by atoms with E-state index in [0.717, 1.165) is 0 Å². The zero-order valence-electron chi connectivity index (χ0n) is 8.90. The topological polar surface area (TPSA) is 46.3 Å². The van der Waals surface area contributed by atoms with Gasteiger partial charge in [-0.3, -0.25) is 4.79 Å². The quantitative estimate of drug-likeness (QED) is 0.822. The summed E-state index contributed by atoms with van der Waals surface area (Å²) >= 11 is 0. The monoisotopic (exact) mass is 210 g/mol. The molecular formula is C11H15FN2O. The minimum absolute atomic E-state index is 0.256. The number of amides is 1. The number of carbonyl (C=O) groups excluding carboxylic acids is 1. The molecule has 0 bridgehead atoms. The summed E-state index contributed by atoms with van der Waals surface area (Å²) in [4.78, 5) is 12.9. The van der Waals surface area contributed by atoms with Gasteiger partial charge in [0.2, 0.25) is 5.91 Å². The Kier molecular flexibility index (Phi) is 3.80. The van der Waals surface area contributed by atoms with Crippen LogP contribution in [0.15, 0.2) is 24.3 Å². The number of anilines is 1. The first-order valence-corrected chi connectivity index (χ1v) is 4.85. The Morgan fingerprint density at radius 3 is 2.67 bits per heavy atom. The second kappa shape index (κ2) is 4.89. The summed E-state index contributed by atoms with van der Waals surface area (Å²) in [5.41, 5.74) is 5.85. The van der Waals surface area contributed by atoms with Crippen LogP contribution in [0.3, 0.4) is 0 Å². The number of benzene rings is 1. The number of para-hydroxylation sites is 1. The van der Waals surface area contributed by atoms with Gasteiger partial charge in [0.05, 0.1) is 11.7 Å². The molecule has 4 heteroatoms. The number of nitrogens with two attached hydrogens (primary N) is 1. The van der Waals surface area contributed by atoms with E-state index in [1.54, 1.807) is 18.2 Å². The van der Waals surface area contributed by atoms with Crippen molar-refractivity contribution in [1.82, 2.24) is 0 Å². The van der Waals surface area contributed by atoms with E-state index >= 15 is 0 Å². The predicted molar refractivity (Wildman–Crippen MR) is 58.1 cm³/mol. The van der Waals surface area contributed by atoms with Crippen LogP contribution in [-0.4, -0.2) is 19.0 Å². The van der Waals surface area contributed by atoms with E-state index < -0.39 is 11.9 Å². The lowest BCUT2D eigenvalue weighted by Crippen LogP contribution is -2.41. The van der Waals surface area contributed by atoms with Gasteiger partial charge in [-0.15, -0.1) is 0 Å². The molecule has 0 aliphatic rings. The van der Waals surface area contributed by atoms with Crippen molar-refractivity contribution in [3.05, 3.63) is 30.1 Å². The predicted octanol–water partition coefficient (Wildman–Crippen LogP) is 1.53. The van der Waals surface area contributed by atoms with Crippen molar-refractivity contribution in [1.29, 1.82) is 0 Å². The van der Waals surface area contributed by atoms with Crippen LogP contribution in [0.1, 0.15) is 13.3 Å². The number of halogens is 1. The maximum atomic E-state index is 13.3. The molecule has 15 heavy (non-hydrogen) atoms. The molecule has 0 fully saturated rings. The van der Waals surface area contributed by atoms with Gasteiger partial charge in [-0.2, -0.15) is 0 Å². The summed E-state index contributed by atoms with van der Waals surface area (Å²) in [5, 5.41) is 0. The molecule has 3 nitrogen and oxygen atoms in total. The molecule has 1 rings (SSSR count). The molecule has 0 saturated carbocycles. The number of nitrogens with zero attached hydrogens (tertiary/aromatic N) is 1. The van der Waals surface area contributed by atoms with Crippen LogP contribution < -0.4 is 10.6 Å². The van der Waals surface area contributed by atoms with Gasteiger partial charge in [-0.05, 0) is 18.6 Å². The molecular weight excluding hydrogens is 195 g/mol. The van der Waals surface area contributed by atoms with Crippen molar-refractivity contribution < 1.29 is 9.18 Å². The van der Waals surface area contributed by atoms with Crippen LogP contribution in [0.5, 0.6) is 0 Å². The fourth-order valence-corrected chi connectivity index (χ4v) is 1.27. The molecule has 82 valence electrons. The Balaban J connectivity index is 2.90. The number of rotatable bonds is 3. The largest absolute Gasteiger partial charge is 0.320 e. The van der Waals surface area contributed by atoms with Gasteiger partial charge in [-0.25, -0.2) is 4.39 Å². The highest BCUT2D eigenvalue weighted by molar-refractivity contribution is 5.96. The minimum Gasteiger partial charge on any atom is -0.320 e. The minimum atomic E-state index is -0.574. The Bertz CT molecular complexity index is 354. The first kappa shape index (κ1) is 11.7. The highest BCUT2D eigenvalue weighted by atomic mass is 19.1. The molecule has 1 aromatic carbocycles. The average Bonchev–Trinajstić information content (AvgIpc) is 2.26. The number of likely N-dealkylation sites (N-methyl/N-ethyl adjacent to an activating group) is 1. The third-order valence-electron chi connectivity index (χ3n) is 2.30. The van der Waals surface area contributed by atoms with E-state index in [2.05, 4.69) is 0 Å². The summed E-state index contributed by atoms with van der Waals surface area (Å²) in [6.45, 7) is 1.82. The molecule has 0 heterocycles. The van der Waals surface area contributed by atoms with Gasteiger partial charge in [0.25, 0.3) is 0 Å². The van der Waals surface area contributed by atoms with E-state index in [9.17, 15) is 9.18 Å². The van der Waals surface area contributed by atoms with E-state index in [1.165, 1.54) is 18.0 Å². The van der Waals surface area contributed by atoms with E-state index in [4.69, 9.17) is 5.73 Å². The molecule has 0 unspecified atom stereocenters. The summed E-state index contributed by atoms with van der Waals surface area (Å²) in [7, 11) is 1.52. The zero-order chi connectivity index (χ0) is 11.4. The zero-order valence-corrected chi connectivity index (χ0v) is 8.90. The fraction of sp³-hybridized carbons (Fsp3) is 0.364. The smallest absolute Gasteiger partial charge is 0.243 e. The Hall–Kier alpha value is -1.42. The van der Waals surface area contributed by atoms with Crippen molar-refractivity contribution in [2.24, 2.45) is 5.73 Å². The van der Waals surface area contributed by atoms with Crippen LogP contribution >= 0.6 is 0 Å². The van der Waals surface area contributed by atoms with Gasteiger partial charge < -0.3 is 10.6 Å². The van der Waals surface area contributed by atoms with Crippen molar-refractivity contribution in [2.45, 2.75) is 19.4 Å². The number of hydrogen-bond donors (Lipinski definition) is 1. The summed E-state index contributed by atoms with van der Waals surface area (Å²) in [6, 6.07) is 5.55. The first-order chi connectivity index (χ1) is 7.07. The van der Waals surface area contributed by atoms with Gasteiger partial charge >= 0.3 is 0 Å². The second-order valence-electron chi connectivity index (χ2n) is 3.36. The van der Waals surface area contributed by atoms with Crippen molar-refractivity contribution in [3.8, 4) is 0 Å². The molecule has 0 saturated heterocycles. The van der Waals surface area contributed by atoms with Gasteiger partial charge in [-0.1, -0.05) is 19.1 Å². The summed E-state index contributed by atoms with van der Waals surface area (Å²) in [5.74, 6) is -0.695. The van der Waals surface area contributed by atoms with Crippen molar-refractivity contribution in [2.75, 3.05) is 11.9 Å². The van der Waals surface area contributed by atoms with Crippen LogP contribution in [0.4, 0.5) is 10.1 Å². The van der Waals surface area contributed by atoms with Crippen molar-refractivity contribution in [3.63, 3.8) is 0 Å². The van der Waals surface area contributed by atoms with Crippen LogP contribution in [-0.2, 0) is 4.79 Å². The maximum Gasteiger partial charge on any atom is 0.243 e. The van der Waals surface area contributed by atoms with E-state index in [1.807, 2.05) is 6.92 Å². The van der Waals surface area contributed by atoms with E-state index in [-0.39, 0.29) is 11.6 Å². The normalized spacial score (nSPS) is 12.3. The lowest BCUT2D eigenvalue weighted by Gasteiger charge is -2.20. The molecule has 0 radical (unpaired) electrons. The maximum absolute atomic E-state index is 13.3. The molecule has 1 amide bonds.